The number of aryl methyl sites for hydroxylation is 1. The molecule has 0 amide bonds. The number of hydrogen-bond donors (Lipinski definition) is 3. The van der Waals surface area contributed by atoms with Gasteiger partial charge in [-0.25, -0.2) is 4.98 Å². The molecule has 5 rings (SSSR count). The number of anilines is 3. The van der Waals surface area contributed by atoms with Gasteiger partial charge in [0.15, 0.2) is 5.82 Å². The van der Waals surface area contributed by atoms with Crippen LogP contribution in [0.3, 0.4) is 0 Å². The third kappa shape index (κ3) is 3.81. The molecule has 0 saturated carbocycles. The molecule has 2 saturated heterocycles. The van der Waals surface area contributed by atoms with Gasteiger partial charge in [0.2, 0.25) is 0 Å². The highest BCUT2D eigenvalue weighted by atomic mass is 15.2. The molecule has 3 aromatic rings. The lowest BCUT2D eigenvalue weighted by atomic mass is 9.97. The van der Waals surface area contributed by atoms with Crippen LogP contribution in [0.1, 0.15) is 43.4 Å². The van der Waals surface area contributed by atoms with E-state index in [4.69, 9.17) is 10.2 Å². The highest BCUT2D eigenvalue weighted by Crippen LogP contribution is 2.37. The molecule has 0 aliphatic carbocycles. The predicted molar refractivity (Wildman–Crippen MR) is 121 cm³/mol. The van der Waals surface area contributed by atoms with Crippen molar-refractivity contribution in [3.8, 4) is 6.07 Å². The Morgan fingerprint density at radius 1 is 1.23 bits per heavy atom. The van der Waals surface area contributed by atoms with Crippen molar-refractivity contribution in [3.05, 3.63) is 35.7 Å². The number of aromatic nitrogens is 4. The molecule has 2 aliphatic heterocycles. The molecule has 0 radical (unpaired) electrons. The fraction of sp³-hybridized carbons (Fsp3) is 0.478. The number of aromatic amines is 1. The summed E-state index contributed by atoms with van der Waals surface area (Å²) in [4.78, 5) is 12.0. The average molecular weight is 417 g/mol. The number of H-pyrrole nitrogens is 1. The summed E-state index contributed by atoms with van der Waals surface area (Å²) in [6, 6.07) is 9.79. The minimum absolute atomic E-state index is 0.372. The second kappa shape index (κ2) is 8.16. The van der Waals surface area contributed by atoms with Crippen molar-refractivity contribution in [2.45, 2.75) is 64.1 Å². The van der Waals surface area contributed by atoms with E-state index in [1.807, 2.05) is 32.2 Å². The molecular weight excluding hydrogens is 388 g/mol. The van der Waals surface area contributed by atoms with Crippen LogP contribution in [0.15, 0.2) is 24.4 Å². The monoisotopic (exact) mass is 416 g/mol. The number of rotatable bonds is 6. The Morgan fingerprint density at radius 2 is 2.03 bits per heavy atom. The summed E-state index contributed by atoms with van der Waals surface area (Å²) in [5, 5.41) is 24.5. The third-order valence-electron chi connectivity index (χ3n) is 6.81. The van der Waals surface area contributed by atoms with Gasteiger partial charge in [0, 0.05) is 60.0 Å². The van der Waals surface area contributed by atoms with E-state index in [-0.39, 0.29) is 0 Å². The van der Waals surface area contributed by atoms with Crippen molar-refractivity contribution >= 4 is 28.4 Å². The number of nitriles is 1. The minimum Gasteiger partial charge on any atom is -0.367 e. The zero-order valence-corrected chi connectivity index (χ0v) is 18.0. The van der Waals surface area contributed by atoms with Crippen LogP contribution in [0.2, 0.25) is 0 Å². The maximum absolute atomic E-state index is 8.97. The maximum Gasteiger partial charge on any atom is 0.156 e. The Hall–Kier alpha value is -3.18. The van der Waals surface area contributed by atoms with Crippen LogP contribution in [0.5, 0.6) is 0 Å². The lowest BCUT2D eigenvalue weighted by Crippen LogP contribution is -2.47. The van der Waals surface area contributed by atoms with Gasteiger partial charge in [-0.05, 0) is 51.7 Å². The molecular formula is C23H28N8. The molecule has 3 N–H and O–H groups in total. The first kappa shape index (κ1) is 19.8. The Morgan fingerprint density at radius 3 is 2.74 bits per heavy atom. The fourth-order valence-electron chi connectivity index (χ4n) is 5.11. The summed E-state index contributed by atoms with van der Waals surface area (Å²) in [5.41, 5.74) is 3.03. The van der Waals surface area contributed by atoms with Gasteiger partial charge in [-0.2, -0.15) is 10.4 Å². The summed E-state index contributed by atoms with van der Waals surface area (Å²) in [6.07, 6.45) is 7.05. The molecule has 3 aromatic heterocycles. The minimum atomic E-state index is 0.372. The first-order valence-electron chi connectivity index (χ1n) is 11.1. The standard InChI is InChI=1S/C23H28N8/c1-14-15(2)29-30-22(14)27-21-13-20-19(5-3-9-25-20)23(28-21)26-16-11-17-6-7-18(12-16)31(17)10-4-8-24/h3,5,9,13,16-18H,4,6-7,10-12H2,1-2H3,(H3,26,27,28,29,30)/t16-,17-,18+. The van der Waals surface area contributed by atoms with Gasteiger partial charge in [-0.15, -0.1) is 0 Å². The summed E-state index contributed by atoms with van der Waals surface area (Å²) in [5.74, 6) is 2.39. The third-order valence-corrected chi connectivity index (χ3v) is 6.81. The van der Waals surface area contributed by atoms with E-state index in [0.717, 1.165) is 59.0 Å². The number of hydrogen-bond acceptors (Lipinski definition) is 7. The van der Waals surface area contributed by atoms with Crippen LogP contribution in [0.25, 0.3) is 10.9 Å². The Kier molecular flexibility index (Phi) is 5.20. The molecule has 8 heteroatoms. The molecule has 160 valence electrons. The quantitative estimate of drug-likeness (QED) is 0.557. The van der Waals surface area contributed by atoms with Crippen LogP contribution < -0.4 is 10.6 Å². The molecule has 0 aromatic carbocycles. The summed E-state index contributed by atoms with van der Waals surface area (Å²) in [6.45, 7) is 4.94. The largest absolute Gasteiger partial charge is 0.367 e. The molecule has 8 nitrogen and oxygen atoms in total. The molecule has 0 spiro atoms. The number of nitrogens with one attached hydrogen (secondary N) is 3. The number of pyridine rings is 2. The van der Waals surface area contributed by atoms with E-state index in [2.05, 4.69) is 42.9 Å². The van der Waals surface area contributed by atoms with Crippen molar-refractivity contribution in [2.24, 2.45) is 0 Å². The Labute approximate surface area is 182 Å². The van der Waals surface area contributed by atoms with Gasteiger partial charge in [-0.1, -0.05) is 0 Å². The Bertz CT molecular complexity index is 1120. The topological polar surface area (TPSA) is 106 Å². The van der Waals surface area contributed by atoms with Crippen molar-refractivity contribution in [3.63, 3.8) is 0 Å². The number of fused-ring (bicyclic) bond motifs is 3. The normalized spacial score (nSPS) is 23.1. The second-order valence-electron chi connectivity index (χ2n) is 8.72. The summed E-state index contributed by atoms with van der Waals surface area (Å²) in [7, 11) is 0. The average Bonchev–Trinajstić information content (AvgIpc) is 3.21. The van der Waals surface area contributed by atoms with Gasteiger partial charge < -0.3 is 10.6 Å². The van der Waals surface area contributed by atoms with Crippen molar-refractivity contribution in [1.82, 2.24) is 25.1 Å². The van der Waals surface area contributed by atoms with Crippen LogP contribution in [0.4, 0.5) is 17.5 Å². The highest BCUT2D eigenvalue weighted by molar-refractivity contribution is 5.91. The lowest BCUT2D eigenvalue weighted by Gasteiger charge is -2.39. The van der Waals surface area contributed by atoms with Crippen molar-refractivity contribution < 1.29 is 0 Å². The van der Waals surface area contributed by atoms with Crippen LogP contribution in [-0.2, 0) is 0 Å². The molecule has 2 aliphatic rings. The summed E-state index contributed by atoms with van der Waals surface area (Å²) < 4.78 is 0. The van der Waals surface area contributed by atoms with Gasteiger partial charge in [0.05, 0.1) is 11.6 Å². The van der Waals surface area contributed by atoms with E-state index in [9.17, 15) is 0 Å². The van der Waals surface area contributed by atoms with Gasteiger partial charge in [0.1, 0.15) is 11.6 Å². The van der Waals surface area contributed by atoms with Gasteiger partial charge in [0.25, 0.3) is 0 Å². The van der Waals surface area contributed by atoms with E-state index in [1.54, 1.807) is 0 Å². The van der Waals surface area contributed by atoms with E-state index < -0.39 is 0 Å². The SMILES string of the molecule is Cc1[nH]nc(Nc2cc3ncccc3c(N[C@@H]3C[C@H]4CC[C@@H](C3)N4CCC#N)n2)c1C. The molecule has 3 atom stereocenters. The van der Waals surface area contributed by atoms with Gasteiger partial charge >= 0.3 is 0 Å². The lowest BCUT2D eigenvalue weighted by molar-refractivity contribution is 0.136. The van der Waals surface area contributed by atoms with Gasteiger partial charge in [-0.3, -0.25) is 15.0 Å². The van der Waals surface area contributed by atoms with Crippen LogP contribution >= 0.6 is 0 Å². The van der Waals surface area contributed by atoms with Crippen LogP contribution in [-0.4, -0.2) is 49.7 Å². The first-order valence-corrected chi connectivity index (χ1v) is 11.1. The summed E-state index contributed by atoms with van der Waals surface area (Å²) >= 11 is 0. The smallest absolute Gasteiger partial charge is 0.156 e. The Balaban J connectivity index is 1.39. The zero-order chi connectivity index (χ0) is 21.4. The second-order valence-corrected chi connectivity index (χ2v) is 8.72. The first-order chi connectivity index (χ1) is 15.1. The number of piperidine rings is 1. The molecule has 0 unspecified atom stereocenters. The highest BCUT2D eigenvalue weighted by Gasteiger charge is 2.40. The number of nitrogens with zero attached hydrogens (tertiary/aromatic N) is 5. The zero-order valence-electron chi connectivity index (χ0n) is 18.0. The van der Waals surface area contributed by atoms with E-state index in [1.165, 1.54) is 12.8 Å². The van der Waals surface area contributed by atoms with E-state index in [0.29, 0.717) is 24.5 Å². The predicted octanol–water partition coefficient (Wildman–Crippen LogP) is 4.03. The fourth-order valence-corrected chi connectivity index (χ4v) is 5.11. The van der Waals surface area contributed by atoms with Crippen molar-refractivity contribution in [1.29, 1.82) is 5.26 Å². The van der Waals surface area contributed by atoms with Crippen LogP contribution in [0, 0.1) is 25.2 Å². The molecule has 31 heavy (non-hydrogen) atoms. The van der Waals surface area contributed by atoms with Crippen molar-refractivity contribution in [2.75, 3.05) is 17.2 Å². The maximum atomic E-state index is 8.97. The molecule has 5 heterocycles. The molecule has 2 bridgehead atoms. The molecule has 2 fully saturated rings. The van der Waals surface area contributed by atoms with E-state index >= 15 is 0 Å².